The van der Waals surface area contributed by atoms with E-state index in [0.29, 0.717) is 5.02 Å². The van der Waals surface area contributed by atoms with Gasteiger partial charge in [0.05, 0.1) is 15.5 Å². The SMILES string of the molecule is C/C(=C\c1ccccc1)S(=O)(=O)O.NC(=O)c1ccc(Cl)cc1Cl. The summed E-state index contributed by atoms with van der Waals surface area (Å²) in [5, 5.41) is 0.769. The van der Waals surface area contributed by atoms with Crippen LogP contribution >= 0.6 is 23.2 Å². The molecule has 0 unspecified atom stereocenters. The van der Waals surface area contributed by atoms with Crippen LogP contribution in [0.5, 0.6) is 0 Å². The number of nitrogens with two attached hydrogens (primary N) is 1. The molecule has 0 saturated carbocycles. The first-order valence-electron chi connectivity index (χ1n) is 6.57. The van der Waals surface area contributed by atoms with Gasteiger partial charge in [0.25, 0.3) is 10.1 Å². The predicted molar refractivity (Wildman–Crippen MR) is 96.6 cm³/mol. The van der Waals surface area contributed by atoms with Gasteiger partial charge in [0.15, 0.2) is 0 Å². The van der Waals surface area contributed by atoms with E-state index in [1.807, 2.05) is 6.07 Å². The summed E-state index contributed by atoms with van der Waals surface area (Å²) in [7, 11) is -4.04. The normalized spacial score (nSPS) is 11.4. The summed E-state index contributed by atoms with van der Waals surface area (Å²) in [6.45, 7) is 1.35. The predicted octanol–water partition coefficient (Wildman–Crippen LogP) is 4.03. The summed E-state index contributed by atoms with van der Waals surface area (Å²) in [5.41, 5.74) is 6.03. The van der Waals surface area contributed by atoms with Crippen molar-refractivity contribution in [1.82, 2.24) is 0 Å². The van der Waals surface area contributed by atoms with Crippen molar-refractivity contribution in [3.8, 4) is 0 Å². The molecule has 1 amide bonds. The van der Waals surface area contributed by atoms with Crippen molar-refractivity contribution in [2.24, 2.45) is 5.73 Å². The van der Waals surface area contributed by atoms with Gasteiger partial charge < -0.3 is 5.73 Å². The monoisotopic (exact) mass is 387 g/mol. The Bertz CT molecular complexity index is 850. The van der Waals surface area contributed by atoms with Crippen LogP contribution in [-0.4, -0.2) is 18.9 Å². The highest BCUT2D eigenvalue weighted by molar-refractivity contribution is 7.89. The van der Waals surface area contributed by atoms with E-state index < -0.39 is 16.0 Å². The van der Waals surface area contributed by atoms with Gasteiger partial charge in [0, 0.05) is 5.02 Å². The molecule has 0 atom stereocenters. The molecule has 3 N–H and O–H groups in total. The van der Waals surface area contributed by atoms with Gasteiger partial charge in [-0.3, -0.25) is 9.35 Å². The molecule has 2 aromatic carbocycles. The summed E-state index contributed by atoms with van der Waals surface area (Å²) in [5.74, 6) is -0.549. The van der Waals surface area contributed by atoms with Crippen LogP contribution in [0.15, 0.2) is 53.4 Å². The zero-order chi connectivity index (χ0) is 18.3. The van der Waals surface area contributed by atoms with Crippen molar-refractivity contribution in [2.45, 2.75) is 6.92 Å². The number of carbonyl (C=O) groups excluding carboxylic acids is 1. The molecule has 0 fully saturated rings. The van der Waals surface area contributed by atoms with Crippen molar-refractivity contribution < 1.29 is 17.8 Å². The van der Waals surface area contributed by atoms with Crippen molar-refractivity contribution in [3.05, 3.63) is 74.6 Å². The molecule has 0 saturated heterocycles. The third-order valence-corrected chi connectivity index (χ3v) is 4.25. The maximum atomic E-state index is 10.6. The summed E-state index contributed by atoms with van der Waals surface area (Å²) < 4.78 is 29.9. The van der Waals surface area contributed by atoms with Crippen molar-refractivity contribution >= 4 is 45.3 Å². The highest BCUT2D eigenvalue weighted by atomic mass is 35.5. The summed E-state index contributed by atoms with van der Waals surface area (Å²) in [4.78, 5) is 10.6. The minimum absolute atomic E-state index is 0.0568. The van der Waals surface area contributed by atoms with Crippen LogP contribution in [0.3, 0.4) is 0 Å². The zero-order valence-corrected chi connectivity index (χ0v) is 14.9. The Morgan fingerprint density at radius 3 is 2.17 bits per heavy atom. The minimum Gasteiger partial charge on any atom is -0.366 e. The second-order valence-corrected chi connectivity index (χ2v) is 7.07. The molecule has 0 aliphatic heterocycles. The Labute approximate surface area is 150 Å². The van der Waals surface area contributed by atoms with E-state index in [4.69, 9.17) is 33.5 Å². The second-order valence-electron chi connectivity index (χ2n) is 4.63. The number of carbonyl (C=O) groups is 1. The molecule has 2 rings (SSSR count). The molecular weight excluding hydrogens is 373 g/mol. The minimum atomic E-state index is -4.04. The maximum absolute atomic E-state index is 10.6. The fourth-order valence-electron chi connectivity index (χ4n) is 1.55. The third kappa shape index (κ3) is 6.72. The zero-order valence-electron chi connectivity index (χ0n) is 12.6. The molecule has 0 aromatic heterocycles. The molecule has 2 aromatic rings. The lowest BCUT2D eigenvalue weighted by Gasteiger charge is -1.97. The summed E-state index contributed by atoms with van der Waals surface area (Å²) in [6.07, 6.45) is 1.41. The highest BCUT2D eigenvalue weighted by Gasteiger charge is 2.06. The number of hydrogen-bond donors (Lipinski definition) is 2. The van der Waals surface area contributed by atoms with E-state index in [1.165, 1.54) is 25.1 Å². The molecule has 5 nitrogen and oxygen atoms in total. The van der Waals surface area contributed by atoms with E-state index in [1.54, 1.807) is 30.3 Å². The first-order chi connectivity index (χ1) is 11.1. The van der Waals surface area contributed by atoms with Crippen molar-refractivity contribution in [3.63, 3.8) is 0 Å². The van der Waals surface area contributed by atoms with E-state index in [0.717, 1.165) is 5.56 Å². The van der Waals surface area contributed by atoms with Gasteiger partial charge in [-0.15, -0.1) is 0 Å². The van der Waals surface area contributed by atoms with Crippen molar-refractivity contribution in [1.29, 1.82) is 0 Å². The lowest BCUT2D eigenvalue weighted by molar-refractivity contribution is 0.100. The van der Waals surface area contributed by atoms with Gasteiger partial charge in [-0.2, -0.15) is 8.42 Å². The first-order valence-corrected chi connectivity index (χ1v) is 8.76. The Morgan fingerprint density at radius 2 is 1.71 bits per heavy atom. The Balaban J connectivity index is 0.000000243. The van der Waals surface area contributed by atoms with Gasteiger partial charge in [0.2, 0.25) is 5.91 Å². The Hall–Kier alpha value is -1.86. The van der Waals surface area contributed by atoms with E-state index in [-0.39, 0.29) is 15.5 Å². The first kappa shape index (κ1) is 20.2. The van der Waals surface area contributed by atoms with E-state index in [2.05, 4.69) is 0 Å². The largest absolute Gasteiger partial charge is 0.366 e. The molecule has 0 bridgehead atoms. The molecular formula is C16H15Cl2NO4S. The van der Waals surface area contributed by atoms with Crippen LogP contribution in [0.4, 0.5) is 0 Å². The van der Waals surface area contributed by atoms with Crippen molar-refractivity contribution in [2.75, 3.05) is 0 Å². The molecule has 0 heterocycles. The fourth-order valence-corrected chi connectivity index (χ4v) is 2.33. The van der Waals surface area contributed by atoms with E-state index >= 15 is 0 Å². The molecule has 0 radical (unpaired) electrons. The van der Waals surface area contributed by atoms with Gasteiger partial charge in [-0.25, -0.2) is 0 Å². The quantitative estimate of drug-likeness (QED) is 0.776. The highest BCUT2D eigenvalue weighted by Crippen LogP contribution is 2.20. The van der Waals surface area contributed by atoms with Gasteiger partial charge >= 0.3 is 0 Å². The molecule has 0 spiro atoms. The number of amides is 1. The Kier molecular flexibility index (Phi) is 7.44. The smallest absolute Gasteiger partial charge is 0.290 e. The standard InChI is InChI=1S/C9H10O3S.C7H5Cl2NO/c1-8(13(10,11)12)7-9-5-3-2-4-6-9;8-4-1-2-5(7(10)11)6(9)3-4/h2-7H,1H3,(H,10,11,12);1-3H,(H2,10,11)/b8-7+;. The van der Waals surface area contributed by atoms with Crippen LogP contribution in [0.1, 0.15) is 22.8 Å². The number of benzene rings is 2. The average molecular weight is 388 g/mol. The van der Waals surface area contributed by atoms with Crippen LogP contribution in [0.2, 0.25) is 10.0 Å². The molecule has 128 valence electrons. The molecule has 24 heavy (non-hydrogen) atoms. The number of halogens is 2. The average Bonchev–Trinajstić information content (AvgIpc) is 2.47. The van der Waals surface area contributed by atoms with Gasteiger partial charge in [0.1, 0.15) is 0 Å². The van der Waals surface area contributed by atoms with Crippen LogP contribution in [0.25, 0.3) is 6.08 Å². The van der Waals surface area contributed by atoms with E-state index in [9.17, 15) is 13.2 Å². The second kappa shape index (κ2) is 8.84. The third-order valence-electron chi connectivity index (χ3n) is 2.77. The number of allylic oxidation sites excluding steroid dienone is 1. The maximum Gasteiger partial charge on any atom is 0.290 e. The van der Waals surface area contributed by atoms with Crippen LogP contribution < -0.4 is 5.73 Å². The van der Waals surface area contributed by atoms with Gasteiger partial charge in [-0.1, -0.05) is 53.5 Å². The molecule has 0 aliphatic rings. The molecule has 0 aliphatic carbocycles. The number of rotatable bonds is 3. The van der Waals surface area contributed by atoms with Crippen LogP contribution in [-0.2, 0) is 10.1 Å². The summed E-state index contributed by atoms with van der Waals surface area (Å²) >= 11 is 11.2. The van der Waals surface area contributed by atoms with Gasteiger partial charge in [-0.05, 0) is 36.8 Å². The van der Waals surface area contributed by atoms with Crippen LogP contribution in [0, 0.1) is 0 Å². The lowest BCUT2D eigenvalue weighted by Crippen LogP contribution is -2.11. The topological polar surface area (TPSA) is 97.5 Å². The molecule has 8 heteroatoms. The number of primary amides is 1. The fraction of sp³-hybridized carbons (Fsp3) is 0.0625. The number of hydrogen-bond acceptors (Lipinski definition) is 3. The Morgan fingerprint density at radius 1 is 1.12 bits per heavy atom. The lowest BCUT2D eigenvalue weighted by atomic mass is 10.2. The summed E-state index contributed by atoms with van der Waals surface area (Å²) in [6, 6.07) is 13.5.